The number of amides is 1. The van der Waals surface area contributed by atoms with E-state index in [1.807, 2.05) is 57.2 Å². The van der Waals surface area contributed by atoms with Gasteiger partial charge in [0.15, 0.2) is 0 Å². The molecule has 0 saturated heterocycles. The number of anilines is 1. The first-order valence-corrected chi connectivity index (χ1v) is 8.44. The zero-order valence-electron chi connectivity index (χ0n) is 14.9. The van der Waals surface area contributed by atoms with E-state index >= 15 is 0 Å². The van der Waals surface area contributed by atoms with E-state index in [-0.39, 0.29) is 5.91 Å². The number of aryl methyl sites for hydroxylation is 3. The van der Waals surface area contributed by atoms with Gasteiger partial charge in [-0.25, -0.2) is 9.97 Å². The predicted octanol–water partition coefficient (Wildman–Crippen LogP) is 4.36. The summed E-state index contributed by atoms with van der Waals surface area (Å²) in [5, 5.41) is 3.96. The molecule has 1 N–H and O–H groups in total. The van der Waals surface area contributed by atoms with Gasteiger partial charge in [-0.1, -0.05) is 18.2 Å². The summed E-state index contributed by atoms with van der Waals surface area (Å²) in [6.07, 6.45) is 0. The molecule has 0 aliphatic heterocycles. The minimum Gasteiger partial charge on any atom is -0.320 e. The second-order valence-electron chi connectivity index (χ2n) is 6.38. The Hall–Kier alpha value is -3.34. The number of nitrogens with one attached hydrogen (secondary N) is 1. The van der Waals surface area contributed by atoms with E-state index in [9.17, 15) is 4.79 Å². The highest BCUT2D eigenvalue weighted by atomic mass is 16.1. The number of nitrogens with zero attached hydrogens (tertiary/aromatic N) is 3. The summed E-state index contributed by atoms with van der Waals surface area (Å²) in [6.45, 7) is 5.78. The molecule has 0 atom stereocenters. The van der Waals surface area contributed by atoms with Gasteiger partial charge in [0.05, 0.1) is 33.6 Å². The number of fused-ring (bicyclic) bond motifs is 2. The lowest BCUT2D eigenvalue weighted by molar-refractivity contribution is 0.102. The fourth-order valence-corrected chi connectivity index (χ4v) is 2.91. The molecule has 5 heteroatoms. The normalized spacial score (nSPS) is 11.0. The molecule has 26 heavy (non-hydrogen) atoms. The maximum Gasteiger partial charge on any atom is 0.255 e. The Morgan fingerprint density at radius 3 is 2.42 bits per heavy atom. The summed E-state index contributed by atoms with van der Waals surface area (Å²) in [4.78, 5) is 26.3. The number of aromatic nitrogens is 3. The first-order valence-electron chi connectivity index (χ1n) is 8.44. The second kappa shape index (κ2) is 6.19. The lowest BCUT2D eigenvalue weighted by Gasteiger charge is -2.09. The van der Waals surface area contributed by atoms with E-state index in [2.05, 4.69) is 20.3 Å². The number of para-hydroxylation sites is 1. The first kappa shape index (κ1) is 16.1. The van der Waals surface area contributed by atoms with E-state index in [0.29, 0.717) is 16.8 Å². The summed E-state index contributed by atoms with van der Waals surface area (Å²) < 4.78 is 0. The predicted molar refractivity (Wildman–Crippen MR) is 103 cm³/mol. The monoisotopic (exact) mass is 342 g/mol. The largest absolute Gasteiger partial charge is 0.320 e. The lowest BCUT2D eigenvalue weighted by atomic mass is 10.1. The van der Waals surface area contributed by atoms with Gasteiger partial charge in [0.1, 0.15) is 0 Å². The van der Waals surface area contributed by atoms with Crippen molar-refractivity contribution in [1.82, 2.24) is 15.0 Å². The molecule has 0 fully saturated rings. The Balaban J connectivity index is 1.71. The van der Waals surface area contributed by atoms with Gasteiger partial charge < -0.3 is 5.32 Å². The van der Waals surface area contributed by atoms with Gasteiger partial charge in [-0.3, -0.25) is 9.78 Å². The van der Waals surface area contributed by atoms with Gasteiger partial charge in [0.25, 0.3) is 5.91 Å². The third-order valence-corrected chi connectivity index (χ3v) is 4.45. The quantitative estimate of drug-likeness (QED) is 0.588. The molecule has 0 aliphatic rings. The van der Waals surface area contributed by atoms with E-state index < -0.39 is 0 Å². The Bertz CT molecular complexity index is 1170. The van der Waals surface area contributed by atoms with Crippen molar-refractivity contribution in [1.29, 1.82) is 0 Å². The SMILES string of the molecule is Cc1ccc2cccc(NC(=O)c3ccc4nc(C)c(C)nc4c3)c2n1. The Kier molecular flexibility index (Phi) is 3.84. The Morgan fingerprint density at radius 2 is 1.62 bits per heavy atom. The van der Waals surface area contributed by atoms with Crippen molar-refractivity contribution in [3.05, 3.63) is 71.2 Å². The van der Waals surface area contributed by atoms with E-state index in [4.69, 9.17) is 0 Å². The van der Waals surface area contributed by atoms with Crippen molar-refractivity contribution in [3.8, 4) is 0 Å². The number of hydrogen-bond donors (Lipinski definition) is 1. The summed E-state index contributed by atoms with van der Waals surface area (Å²) >= 11 is 0. The standard InChI is InChI=1S/C21H18N4O/c1-12-7-8-15-5-4-6-18(20(15)22-12)25-21(26)16-9-10-17-19(11-16)24-14(3)13(2)23-17/h4-11H,1-3H3,(H,25,26). The van der Waals surface area contributed by atoms with Crippen LogP contribution in [0.4, 0.5) is 5.69 Å². The second-order valence-corrected chi connectivity index (χ2v) is 6.38. The maximum absolute atomic E-state index is 12.8. The number of rotatable bonds is 2. The van der Waals surface area contributed by atoms with Crippen molar-refractivity contribution in [2.45, 2.75) is 20.8 Å². The minimum absolute atomic E-state index is 0.192. The fourth-order valence-electron chi connectivity index (χ4n) is 2.91. The molecule has 1 amide bonds. The third kappa shape index (κ3) is 2.88. The van der Waals surface area contributed by atoms with Crippen LogP contribution in [0, 0.1) is 20.8 Å². The molecule has 0 bridgehead atoms. The van der Waals surface area contributed by atoms with Gasteiger partial charge >= 0.3 is 0 Å². The molecule has 0 spiro atoms. The summed E-state index contributed by atoms with van der Waals surface area (Å²) in [7, 11) is 0. The fraction of sp³-hybridized carbons (Fsp3) is 0.143. The number of carbonyl (C=O) groups is 1. The first-order chi connectivity index (χ1) is 12.5. The zero-order chi connectivity index (χ0) is 18.3. The highest BCUT2D eigenvalue weighted by Gasteiger charge is 2.11. The van der Waals surface area contributed by atoms with Crippen LogP contribution in [0.2, 0.25) is 0 Å². The molecule has 0 aliphatic carbocycles. The van der Waals surface area contributed by atoms with Crippen LogP contribution < -0.4 is 5.32 Å². The molecule has 0 radical (unpaired) electrons. The smallest absolute Gasteiger partial charge is 0.255 e. The highest BCUT2D eigenvalue weighted by Crippen LogP contribution is 2.23. The molecule has 0 saturated carbocycles. The minimum atomic E-state index is -0.192. The average Bonchev–Trinajstić information content (AvgIpc) is 2.63. The van der Waals surface area contributed by atoms with E-state index in [1.54, 1.807) is 12.1 Å². The van der Waals surface area contributed by atoms with Crippen LogP contribution in [0.1, 0.15) is 27.4 Å². The van der Waals surface area contributed by atoms with Gasteiger partial charge in [-0.2, -0.15) is 0 Å². The van der Waals surface area contributed by atoms with Gasteiger partial charge in [-0.15, -0.1) is 0 Å². The molecule has 4 rings (SSSR count). The highest BCUT2D eigenvalue weighted by molar-refractivity contribution is 6.09. The number of benzene rings is 2. The van der Waals surface area contributed by atoms with Gasteiger partial charge in [0, 0.05) is 16.6 Å². The van der Waals surface area contributed by atoms with Crippen LogP contribution in [-0.2, 0) is 0 Å². The van der Waals surface area contributed by atoms with Crippen molar-refractivity contribution >= 4 is 33.5 Å². The average molecular weight is 342 g/mol. The third-order valence-electron chi connectivity index (χ3n) is 4.45. The molecule has 0 unspecified atom stereocenters. The molecular formula is C21H18N4O. The van der Waals surface area contributed by atoms with Crippen LogP contribution in [0.25, 0.3) is 21.9 Å². The maximum atomic E-state index is 12.8. The number of carbonyl (C=O) groups excluding carboxylic acids is 1. The lowest BCUT2D eigenvalue weighted by Crippen LogP contribution is -2.12. The summed E-state index contributed by atoms with van der Waals surface area (Å²) in [5.74, 6) is -0.192. The number of pyridine rings is 1. The molecule has 5 nitrogen and oxygen atoms in total. The van der Waals surface area contributed by atoms with Crippen molar-refractivity contribution < 1.29 is 4.79 Å². The molecule has 4 aromatic rings. The zero-order valence-corrected chi connectivity index (χ0v) is 14.9. The summed E-state index contributed by atoms with van der Waals surface area (Å²) in [6, 6.07) is 15.1. The Morgan fingerprint density at radius 1 is 0.846 bits per heavy atom. The molecule has 2 aromatic heterocycles. The van der Waals surface area contributed by atoms with Gasteiger partial charge in [-0.05, 0) is 51.1 Å². The molecular weight excluding hydrogens is 324 g/mol. The Labute approximate surface area is 151 Å². The van der Waals surface area contributed by atoms with Crippen LogP contribution >= 0.6 is 0 Å². The van der Waals surface area contributed by atoms with Crippen LogP contribution in [0.15, 0.2) is 48.5 Å². The van der Waals surface area contributed by atoms with Crippen molar-refractivity contribution in [3.63, 3.8) is 0 Å². The topological polar surface area (TPSA) is 67.8 Å². The number of hydrogen-bond acceptors (Lipinski definition) is 4. The molecule has 2 aromatic carbocycles. The van der Waals surface area contributed by atoms with Crippen molar-refractivity contribution in [2.75, 3.05) is 5.32 Å². The molecule has 2 heterocycles. The van der Waals surface area contributed by atoms with E-state index in [0.717, 1.165) is 33.5 Å². The molecule has 128 valence electrons. The summed E-state index contributed by atoms with van der Waals surface area (Å²) in [5.41, 5.74) is 6.19. The van der Waals surface area contributed by atoms with E-state index in [1.165, 1.54) is 0 Å². The van der Waals surface area contributed by atoms with Crippen LogP contribution in [0.3, 0.4) is 0 Å². The van der Waals surface area contributed by atoms with Crippen LogP contribution in [0.5, 0.6) is 0 Å². The van der Waals surface area contributed by atoms with Crippen molar-refractivity contribution in [2.24, 2.45) is 0 Å². The van der Waals surface area contributed by atoms with Gasteiger partial charge in [0.2, 0.25) is 0 Å². The van der Waals surface area contributed by atoms with Crippen LogP contribution in [-0.4, -0.2) is 20.9 Å².